The highest BCUT2D eigenvalue weighted by Crippen LogP contribution is 2.27. The normalized spacial score (nSPS) is 11.5. The lowest BCUT2D eigenvalue weighted by molar-refractivity contribution is -0.862. The van der Waals surface area contributed by atoms with Crippen molar-refractivity contribution in [3.63, 3.8) is 0 Å². The maximum absolute atomic E-state index is 13.1. The molecular formula is C17H17ClFN4O4+. The molecule has 0 saturated carbocycles. The van der Waals surface area contributed by atoms with E-state index in [9.17, 15) is 24.1 Å². The summed E-state index contributed by atoms with van der Waals surface area (Å²) in [6.07, 6.45) is 0. The van der Waals surface area contributed by atoms with Gasteiger partial charge in [-0.25, -0.2) is 4.39 Å². The zero-order valence-corrected chi connectivity index (χ0v) is 15.0. The highest BCUT2D eigenvalue weighted by atomic mass is 35.5. The first kappa shape index (κ1) is 20.3. The van der Waals surface area contributed by atoms with E-state index in [1.165, 1.54) is 36.4 Å². The monoisotopic (exact) mass is 395 g/mol. The number of hydrogen-bond donors (Lipinski definition) is 3. The Hall–Kier alpha value is -3.04. The molecule has 2 rings (SSSR count). The maximum Gasteiger partial charge on any atom is 0.292 e. The number of hydrogen-bond acceptors (Lipinski definition) is 4. The summed E-state index contributed by atoms with van der Waals surface area (Å²) in [6.45, 7) is -0.165. The van der Waals surface area contributed by atoms with Gasteiger partial charge in [0.1, 0.15) is 11.5 Å². The Morgan fingerprint density at radius 3 is 2.44 bits per heavy atom. The second-order valence-electron chi connectivity index (χ2n) is 5.84. The van der Waals surface area contributed by atoms with Crippen LogP contribution in [0.5, 0.6) is 0 Å². The van der Waals surface area contributed by atoms with E-state index in [-0.39, 0.29) is 29.5 Å². The SMILES string of the molecule is C[NH+](CC(=O)Nc1cccc(F)c1)CC(=O)Nc1cc(Cl)ccc1[N+](=O)[O-]. The molecule has 0 radical (unpaired) electrons. The van der Waals surface area contributed by atoms with Crippen molar-refractivity contribution in [3.8, 4) is 0 Å². The van der Waals surface area contributed by atoms with Gasteiger partial charge in [-0.15, -0.1) is 0 Å². The molecule has 0 aliphatic heterocycles. The Labute approximate surface area is 159 Å². The molecule has 2 aromatic rings. The number of halogens is 2. The highest BCUT2D eigenvalue weighted by molar-refractivity contribution is 6.31. The van der Waals surface area contributed by atoms with Crippen molar-refractivity contribution in [3.05, 3.63) is 63.4 Å². The number of quaternary nitrogens is 1. The molecule has 0 spiro atoms. The van der Waals surface area contributed by atoms with E-state index in [2.05, 4.69) is 10.6 Å². The number of nitrogens with one attached hydrogen (secondary N) is 3. The van der Waals surface area contributed by atoms with Crippen molar-refractivity contribution in [1.29, 1.82) is 0 Å². The van der Waals surface area contributed by atoms with Crippen LogP contribution in [0.15, 0.2) is 42.5 Å². The van der Waals surface area contributed by atoms with Crippen molar-refractivity contribution in [1.82, 2.24) is 0 Å². The lowest BCUT2D eigenvalue weighted by Gasteiger charge is -2.14. The molecule has 0 bridgehead atoms. The number of rotatable bonds is 7. The molecule has 8 nitrogen and oxygen atoms in total. The van der Waals surface area contributed by atoms with Gasteiger partial charge in [-0.1, -0.05) is 17.7 Å². The van der Waals surface area contributed by atoms with Gasteiger partial charge in [-0.3, -0.25) is 19.7 Å². The number of nitrogens with zero attached hydrogens (tertiary/aromatic N) is 1. The van der Waals surface area contributed by atoms with Crippen LogP contribution in [0.2, 0.25) is 5.02 Å². The third-order valence-electron chi connectivity index (χ3n) is 3.46. The van der Waals surface area contributed by atoms with Crippen LogP contribution in [0, 0.1) is 15.9 Å². The molecule has 2 amide bonds. The quantitative estimate of drug-likeness (QED) is 0.487. The zero-order chi connectivity index (χ0) is 20.0. The lowest BCUT2D eigenvalue weighted by atomic mass is 10.2. The van der Waals surface area contributed by atoms with Crippen molar-refractivity contribution in [2.45, 2.75) is 0 Å². The van der Waals surface area contributed by atoms with Crippen molar-refractivity contribution >= 4 is 40.5 Å². The fourth-order valence-corrected chi connectivity index (χ4v) is 2.52. The van der Waals surface area contributed by atoms with E-state index >= 15 is 0 Å². The zero-order valence-electron chi connectivity index (χ0n) is 14.3. The fraction of sp³-hybridized carbons (Fsp3) is 0.176. The molecule has 0 saturated heterocycles. The van der Waals surface area contributed by atoms with Crippen LogP contribution in [-0.4, -0.2) is 36.9 Å². The number of likely N-dealkylation sites (N-methyl/N-ethyl adjacent to an activating group) is 1. The van der Waals surface area contributed by atoms with Gasteiger partial charge in [0, 0.05) is 16.8 Å². The molecule has 0 aromatic heterocycles. The summed E-state index contributed by atoms with van der Waals surface area (Å²) in [5.74, 6) is -1.40. The summed E-state index contributed by atoms with van der Waals surface area (Å²) in [5.41, 5.74) is 0.00978. The molecule has 1 atom stereocenters. The number of anilines is 2. The van der Waals surface area contributed by atoms with Crippen LogP contribution in [0.3, 0.4) is 0 Å². The van der Waals surface area contributed by atoms with Crippen LogP contribution in [-0.2, 0) is 9.59 Å². The van der Waals surface area contributed by atoms with E-state index in [0.29, 0.717) is 10.6 Å². The van der Waals surface area contributed by atoms with Crippen LogP contribution in [0.4, 0.5) is 21.5 Å². The molecule has 1 unspecified atom stereocenters. The minimum absolute atomic E-state index is 0.0190. The Morgan fingerprint density at radius 1 is 1.15 bits per heavy atom. The predicted octanol–water partition coefficient (Wildman–Crippen LogP) is 1.48. The van der Waals surface area contributed by atoms with Gasteiger partial charge >= 0.3 is 0 Å². The van der Waals surface area contributed by atoms with Crippen LogP contribution in [0.25, 0.3) is 0 Å². The number of carbonyl (C=O) groups excluding carboxylic acids is 2. The molecular weight excluding hydrogens is 379 g/mol. The van der Waals surface area contributed by atoms with Crippen LogP contribution >= 0.6 is 11.6 Å². The Morgan fingerprint density at radius 2 is 1.81 bits per heavy atom. The smallest absolute Gasteiger partial charge is 0.292 e. The molecule has 2 aromatic carbocycles. The molecule has 10 heteroatoms. The first-order valence-electron chi connectivity index (χ1n) is 7.85. The third kappa shape index (κ3) is 6.32. The molecule has 0 aliphatic rings. The second-order valence-corrected chi connectivity index (χ2v) is 6.27. The average Bonchev–Trinajstić information content (AvgIpc) is 2.53. The van der Waals surface area contributed by atoms with Crippen molar-refractivity contribution < 1.29 is 23.8 Å². The summed E-state index contributed by atoms with van der Waals surface area (Å²) in [7, 11) is 1.61. The Kier molecular flexibility index (Phi) is 6.80. The van der Waals surface area contributed by atoms with E-state index in [1.54, 1.807) is 13.1 Å². The van der Waals surface area contributed by atoms with Gasteiger partial charge in [-0.05, 0) is 30.3 Å². The molecule has 142 valence electrons. The highest BCUT2D eigenvalue weighted by Gasteiger charge is 2.19. The molecule has 0 aliphatic carbocycles. The van der Waals surface area contributed by atoms with Gasteiger partial charge in [0.2, 0.25) is 0 Å². The summed E-state index contributed by atoms with van der Waals surface area (Å²) in [6, 6.07) is 9.27. The summed E-state index contributed by atoms with van der Waals surface area (Å²) in [5, 5.41) is 16.2. The largest absolute Gasteiger partial charge is 0.322 e. The summed E-state index contributed by atoms with van der Waals surface area (Å²) >= 11 is 5.81. The van der Waals surface area contributed by atoms with Crippen LogP contribution < -0.4 is 15.5 Å². The number of benzene rings is 2. The van der Waals surface area contributed by atoms with Gasteiger partial charge in [-0.2, -0.15) is 0 Å². The lowest BCUT2D eigenvalue weighted by Crippen LogP contribution is -3.11. The number of nitro groups is 1. The second kappa shape index (κ2) is 9.06. The van der Waals surface area contributed by atoms with Gasteiger partial charge < -0.3 is 15.5 Å². The Balaban J connectivity index is 1.91. The Bertz CT molecular complexity index is 878. The maximum atomic E-state index is 13.1. The summed E-state index contributed by atoms with van der Waals surface area (Å²) in [4.78, 5) is 35.0. The first-order valence-corrected chi connectivity index (χ1v) is 8.23. The van der Waals surface area contributed by atoms with E-state index in [1.807, 2.05) is 0 Å². The minimum Gasteiger partial charge on any atom is -0.322 e. The molecule has 27 heavy (non-hydrogen) atoms. The van der Waals surface area contributed by atoms with Crippen molar-refractivity contribution in [2.24, 2.45) is 0 Å². The van der Waals surface area contributed by atoms with Gasteiger partial charge in [0.25, 0.3) is 17.5 Å². The van der Waals surface area contributed by atoms with E-state index in [4.69, 9.17) is 11.6 Å². The number of amides is 2. The molecule has 3 N–H and O–H groups in total. The third-order valence-corrected chi connectivity index (χ3v) is 3.70. The standard InChI is InChI=1S/C17H16ClFN4O4/c1-22(9-16(24)20-13-4-2-3-12(19)8-13)10-17(25)21-14-7-11(18)5-6-15(14)23(26)27/h2-8H,9-10H2,1H3,(H,20,24)(H,21,25)/p+1. The number of nitro benzene ring substituents is 1. The van der Waals surface area contributed by atoms with E-state index < -0.39 is 22.6 Å². The van der Waals surface area contributed by atoms with Gasteiger partial charge in [0.05, 0.1) is 12.0 Å². The summed E-state index contributed by atoms with van der Waals surface area (Å²) < 4.78 is 13.1. The average molecular weight is 396 g/mol. The van der Waals surface area contributed by atoms with Crippen molar-refractivity contribution in [2.75, 3.05) is 30.8 Å². The number of carbonyl (C=O) groups is 2. The van der Waals surface area contributed by atoms with Gasteiger partial charge in [0.15, 0.2) is 13.1 Å². The molecule has 0 heterocycles. The topological polar surface area (TPSA) is 106 Å². The first-order chi connectivity index (χ1) is 12.7. The fourth-order valence-electron chi connectivity index (χ4n) is 2.34. The van der Waals surface area contributed by atoms with E-state index in [0.717, 1.165) is 0 Å². The minimum atomic E-state index is -0.630. The molecule has 0 fully saturated rings. The van der Waals surface area contributed by atoms with Crippen LogP contribution in [0.1, 0.15) is 0 Å². The predicted molar refractivity (Wildman–Crippen MR) is 98.4 cm³/mol.